The summed E-state index contributed by atoms with van der Waals surface area (Å²) >= 11 is 0. The summed E-state index contributed by atoms with van der Waals surface area (Å²) in [5, 5.41) is 13.6. The van der Waals surface area contributed by atoms with E-state index in [4.69, 9.17) is 4.52 Å². The van der Waals surface area contributed by atoms with Crippen LogP contribution in [-0.2, 0) is 11.8 Å². The monoisotopic (exact) mass is 273 g/mol. The van der Waals surface area contributed by atoms with E-state index in [1.54, 1.807) is 0 Å². The molecule has 1 aromatic carbocycles. The lowest BCUT2D eigenvalue weighted by molar-refractivity contribution is 0.0693. The summed E-state index contributed by atoms with van der Waals surface area (Å²) in [5.74, 6) is -0.594. The molecule has 1 N–H and O–H groups in total. The number of rotatable bonds is 3. The van der Waals surface area contributed by atoms with Crippen molar-refractivity contribution < 1.29 is 14.4 Å². The molecule has 0 aliphatic carbocycles. The molecule has 0 unspecified atom stereocenters. The first-order chi connectivity index (χ1) is 9.36. The van der Waals surface area contributed by atoms with Crippen molar-refractivity contribution >= 4 is 5.97 Å². The number of hydrogen-bond acceptors (Lipinski definition) is 3. The molecule has 0 aliphatic rings. The predicted molar refractivity (Wildman–Crippen MR) is 77.0 cm³/mol. The van der Waals surface area contributed by atoms with Crippen LogP contribution in [0, 0.1) is 0 Å². The lowest BCUT2D eigenvalue weighted by Gasteiger charge is -2.14. The molecule has 0 amide bonds. The third-order valence-corrected chi connectivity index (χ3v) is 3.24. The molecule has 4 heteroatoms. The van der Waals surface area contributed by atoms with Crippen molar-refractivity contribution in [3.05, 3.63) is 41.2 Å². The minimum Gasteiger partial charge on any atom is -0.477 e. The molecule has 20 heavy (non-hydrogen) atoms. The molecule has 4 nitrogen and oxygen atoms in total. The summed E-state index contributed by atoms with van der Waals surface area (Å²) in [6.45, 7) is 7.77. The van der Waals surface area contributed by atoms with E-state index in [0.717, 1.165) is 17.5 Å². The van der Waals surface area contributed by atoms with Crippen molar-refractivity contribution in [3.63, 3.8) is 0 Å². The predicted octanol–water partition coefficient (Wildman–Crippen LogP) is 3.90. The molecule has 0 atom stereocenters. The topological polar surface area (TPSA) is 63.3 Å². The van der Waals surface area contributed by atoms with Crippen LogP contribution in [-0.4, -0.2) is 16.2 Å². The van der Waals surface area contributed by atoms with Gasteiger partial charge in [-0.2, -0.15) is 0 Å². The second-order valence-corrected chi connectivity index (χ2v) is 5.80. The maximum atomic E-state index is 11.6. The zero-order valence-electron chi connectivity index (χ0n) is 12.2. The Morgan fingerprint density at radius 2 is 1.95 bits per heavy atom. The number of carboxylic acids is 1. The van der Waals surface area contributed by atoms with Gasteiger partial charge in [0.15, 0.2) is 5.76 Å². The van der Waals surface area contributed by atoms with Crippen LogP contribution in [0.4, 0.5) is 0 Å². The summed E-state index contributed by atoms with van der Waals surface area (Å²) in [6.07, 6.45) is 0.812. The molecule has 0 saturated heterocycles. The lowest BCUT2D eigenvalue weighted by atomic mass is 9.88. The first-order valence-electron chi connectivity index (χ1n) is 6.68. The number of benzene rings is 1. The summed E-state index contributed by atoms with van der Waals surface area (Å²) in [4.78, 5) is 11.6. The molecule has 0 spiro atoms. The van der Waals surface area contributed by atoms with Crippen molar-refractivity contribution in [2.75, 3.05) is 0 Å². The fourth-order valence-electron chi connectivity index (χ4n) is 2.24. The smallest absolute Gasteiger partial charge is 0.341 e. The Morgan fingerprint density at radius 3 is 2.50 bits per heavy atom. The highest BCUT2D eigenvalue weighted by Gasteiger charge is 2.31. The maximum absolute atomic E-state index is 11.6. The van der Waals surface area contributed by atoms with Crippen LogP contribution < -0.4 is 0 Å². The highest BCUT2D eigenvalue weighted by atomic mass is 16.5. The first kappa shape index (κ1) is 14.3. The largest absolute Gasteiger partial charge is 0.477 e. The quantitative estimate of drug-likeness (QED) is 0.921. The van der Waals surface area contributed by atoms with Gasteiger partial charge in [-0.15, -0.1) is 0 Å². The van der Waals surface area contributed by atoms with Crippen LogP contribution in [0.1, 0.15) is 49.4 Å². The molecule has 0 radical (unpaired) electrons. The van der Waals surface area contributed by atoms with Gasteiger partial charge in [0.2, 0.25) is 0 Å². The molecule has 2 aromatic rings. The normalized spacial score (nSPS) is 11.6. The highest BCUT2D eigenvalue weighted by molar-refractivity contribution is 5.96. The Hall–Kier alpha value is -2.10. The van der Waals surface area contributed by atoms with E-state index in [0.29, 0.717) is 11.5 Å². The van der Waals surface area contributed by atoms with E-state index in [9.17, 15) is 9.90 Å². The van der Waals surface area contributed by atoms with E-state index in [1.807, 2.05) is 52.0 Å². The Labute approximate surface area is 118 Å². The van der Waals surface area contributed by atoms with Gasteiger partial charge in [-0.25, -0.2) is 4.79 Å². The maximum Gasteiger partial charge on any atom is 0.341 e. The molecule has 0 aliphatic heterocycles. The van der Waals surface area contributed by atoms with Gasteiger partial charge in [0.05, 0.1) is 0 Å². The van der Waals surface area contributed by atoms with Crippen LogP contribution in [0.25, 0.3) is 11.3 Å². The number of carboxylic acid groups (broad SMARTS) is 1. The summed E-state index contributed by atoms with van der Waals surface area (Å²) in [5.41, 5.74) is 2.06. The molecule has 106 valence electrons. The Kier molecular flexibility index (Phi) is 3.66. The van der Waals surface area contributed by atoms with Crippen LogP contribution in [0.15, 0.2) is 28.8 Å². The number of aromatic carboxylic acids is 1. The Balaban J connectivity index is 2.70. The van der Waals surface area contributed by atoms with Gasteiger partial charge >= 0.3 is 5.97 Å². The number of nitrogens with zero attached hydrogens (tertiary/aromatic N) is 1. The average Bonchev–Trinajstić information content (AvgIpc) is 2.83. The first-order valence-corrected chi connectivity index (χ1v) is 6.68. The number of aromatic nitrogens is 1. The van der Waals surface area contributed by atoms with Crippen molar-refractivity contribution in [1.29, 1.82) is 0 Å². The SMILES string of the molecule is CCc1ccccc1-c1noc(C(C)(C)C)c1C(=O)O. The van der Waals surface area contributed by atoms with Crippen molar-refractivity contribution in [2.45, 2.75) is 39.5 Å². The van der Waals surface area contributed by atoms with Crippen LogP contribution in [0.3, 0.4) is 0 Å². The molecule has 2 rings (SSSR count). The molecular formula is C16H19NO3. The summed E-state index contributed by atoms with van der Waals surface area (Å²) in [6, 6.07) is 7.68. The fourth-order valence-corrected chi connectivity index (χ4v) is 2.24. The van der Waals surface area contributed by atoms with Gasteiger partial charge in [0, 0.05) is 11.0 Å². The van der Waals surface area contributed by atoms with E-state index in [2.05, 4.69) is 5.16 Å². The molecule has 1 aromatic heterocycles. The zero-order valence-corrected chi connectivity index (χ0v) is 12.2. The number of hydrogen-bond donors (Lipinski definition) is 1. The Morgan fingerprint density at radius 1 is 1.30 bits per heavy atom. The summed E-state index contributed by atoms with van der Waals surface area (Å²) in [7, 11) is 0. The van der Waals surface area contributed by atoms with Gasteiger partial charge in [-0.1, -0.05) is 57.1 Å². The standard InChI is InChI=1S/C16H19NO3/c1-5-10-8-6-7-9-11(10)13-12(15(18)19)14(20-17-13)16(2,3)4/h6-9H,5H2,1-4H3,(H,18,19). The minimum atomic E-state index is -1.00. The molecular weight excluding hydrogens is 254 g/mol. The lowest BCUT2D eigenvalue weighted by Crippen LogP contribution is -2.15. The number of aryl methyl sites for hydroxylation is 1. The van der Waals surface area contributed by atoms with Gasteiger partial charge in [-0.3, -0.25) is 0 Å². The van der Waals surface area contributed by atoms with Crippen molar-refractivity contribution in [1.82, 2.24) is 5.16 Å². The zero-order chi connectivity index (χ0) is 14.9. The van der Waals surface area contributed by atoms with E-state index in [1.165, 1.54) is 0 Å². The van der Waals surface area contributed by atoms with Gasteiger partial charge in [0.25, 0.3) is 0 Å². The van der Waals surface area contributed by atoms with E-state index in [-0.39, 0.29) is 5.56 Å². The summed E-state index contributed by atoms with van der Waals surface area (Å²) < 4.78 is 5.34. The van der Waals surface area contributed by atoms with Crippen molar-refractivity contribution in [2.24, 2.45) is 0 Å². The Bertz CT molecular complexity index is 635. The molecule has 1 heterocycles. The fraction of sp³-hybridized carbons (Fsp3) is 0.375. The molecule has 0 fully saturated rings. The molecule has 0 saturated carbocycles. The van der Waals surface area contributed by atoms with Gasteiger partial charge < -0.3 is 9.63 Å². The highest BCUT2D eigenvalue weighted by Crippen LogP contribution is 2.34. The van der Waals surface area contributed by atoms with Crippen LogP contribution >= 0.6 is 0 Å². The van der Waals surface area contributed by atoms with Crippen LogP contribution in [0.2, 0.25) is 0 Å². The number of carbonyl (C=O) groups is 1. The third kappa shape index (κ3) is 2.46. The van der Waals surface area contributed by atoms with Gasteiger partial charge in [-0.05, 0) is 12.0 Å². The van der Waals surface area contributed by atoms with E-state index < -0.39 is 11.4 Å². The third-order valence-electron chi connectivity index (χ3n) is 3.24. The molecule has 0 bridgehead atoms. The van der Waals surface area contributed by atoms with Crippen LogP contribution in [0.5, 0.6) is 0 Å². The van der Waals surface area contributed by atoms with Gasteiger partial charge in [0.1, 0.15) is 11.3 Å². The second-order valence-electron chi connectivity index (χ2n) is 5.80. The average molecular weight is 273 g/mol. The van der Waals surface area contributed by atoms with E-state index >= 15 is 0 Å². The van der Waals surface area contributed by atoms with Crippen molar-refractivity contribution in [3.8, 4) is 11.3 Å². The second kappa shape index (κ2) is 5.12. The minimum absolute atomic E-state index is 0.165.